The molecule has 0 unspecified atom stereocenters. The van der Waals surface area contributed by atoms with Gasteiger partial charge in [-0.15, -0.1) is 0 Å². The molecule has 0 saturated heterocycles. The van der Waals surface area contributed by atoms with Crippen LogP contribution in [0.15, 0.2) is 12.2 Å². The van der Waals surface area contributed by atoms with Crippen LogP contribution in [0.1, 0.15) is 72.1 Å². The fourth-order valence-electron chi connectivity index (χ4n) is 7.46. The van der Waals surface area contributed by atoms with Gasteiger partial charge in [0.2, 0.25) is 0 Å². The Kier molecular flexibility index (Phi) is 2.83. The van der Waals surface area contributed by atoms with E-state index in [1.165, 1.54) is 51.4 Å². The quantitative estimate of drug-likeness (QED) is 0.677. The Bertz CT molecular complexity index is 482. The van der Waals surface area contributed by atoms with E-state index in [0.29, 0.717) is 22.9 Å². The highest BCUT2D eigenvalue weighted by Crippen LogP contribution is 2.71. The lowest BCUT2D eigenvalue weighted by atomic mass is 9.40. The molecule has 1 N–H and O–H groups in total. The summed E-state index contributed by atoms with van der Waals surface area (Å²) in [6.07, 6.45) is 16.1. The molecule has 3 saturated carbocycles. The van der Waals surface area contributed by atoms with Gasteiger partial charge in [-0.1, -0.05) is 39.3 Å². The highest BCUT2D eigenvalue weighted by Gasteiger charge is 2.63. The maximum atomic E-state index is 10.1. The molecule has 1 spiro atoms. The molecule has 1 nitrogen and oxygen atoms in total. The summed E-state index contributed by atoms with van der Waals surface area (Å²) in [7, 11) is 0. The summed E-state index contributed by atoms with van der Waals surface area (Å²) in [6.45, 7) is 7.82. The van der Waals surface area contributed by atoms with Gasteiger partial charge in [0.15, 0.2) is 0 Å². The van der Waals surface area contributed by atoms with Gasteiger partial charge in [0.25, 0.3) is 0 Å². The highest BCUT2D eigenvalue weighted by atomic mass is 16.3. The number of hydrogen-bond donors (Lipinski definition) is 1. The molecule has 4 aliphatic carbocycles. The van der Waals surface area contributed by atoms with E-state index in [2.05, 4.69) is 32.9 Å². The molecule has 1 heteroatoms. The summed E-state index contributed by atoms with van der Waals surface area (Å²) in [5.74, 6) is 1.60. The van der Waals surface area contributed by atoms with Crippen molar-refractivity contribution in [2.75, 3.05) is 6.61 Å². The molecule has 118 valence electrons. The van der Waals surface area contributed by atoms with Crippen molar-refractivity contribution < 1.29 is 5.11 Å². The standard InChI is InChI=1S/C20H32O/c1-17-9-5-16-19(3)8-4-7-18(2,14-21)15(19)6-10-20(16,13-17)12-11-17/h11-12,15-16,21H,4-10,13-14H2,1-3H3/t15-,16+,17-,18+,19-,20+/m1/s1. The molecule has 21 heavy (non-hydrogen) atoms. The average Bonchev–Trinajstić information content (AvgIpc) is 2.69. The molecule has 0 aromatic rings. The van der Waals surface area contributed by atoms with Crippen molar-refractivity contribution in [3.63, 3.8) is 0 Å². The van der Waals surface area contributed by atoms with E-state index in [1.807, 2.05) is 0 Å². The van der Waals surface area contributed by atoms with E-state index < -0.39 is 0 Å². The Hall–Kier alpha value is -0.300. The van der Waals surface area contributed by atoms with Crippen LogP contribution in [0.4, 0.5) is 0 Å². The smallest absolute Gasteiger partial charge is 0.0487 e. The van der Waals surface area contributed by atoms with Gasteiger partial charge >= 0.3 is 0 Å². The fourth-order valence-corrected chi connectivity index (χ4v) is 7.46. The van der Waals surface area contributed by atoms with Crippen LogP contribution < -0.4 is 0 Å². The Balaban J connectivity index is 1.74. The van der Waals surface area contributed by atoms with Gasteiger partial charge in [0.05, 0.1) is 0 Å². The molecule has 2 bridgehead atoms. The highest BCUT2D eigenvalue weighted by molar-refractivity contribution is 5.25. The molecule has 0 aliphatic heterocycles. The van der Waals surface area contributed by atoms with Gasteiger partial charge in [0.1, 0.15) is 0 Å². The molecule has 0 heterocycles. The summed E-state index contributed by atoms with van der Waals surface area (Å²) < 4.78 is 0. The molecule has 0 amide bonds. The SMILES string of the molecule is C[C@]12C=C[C@@]3(CC[C@@H]4[C@](C)(CO)CCC[C@@]4(C)[C@@H]3CC1)C2. The van der Waals surface area contributed by atoms with Crippen LogP contribution in [0.2, 0.25) is 0 Å². The third-order valence-electron chi connectivity index (χ3n) is 8.41. The molecule has 6 atom stereocenters. The van der Waals surface area contributed by atoms with Crippen molar-refractivity contribution in [2.24, 2.45) is 33.5 Å². The first kappa shape index (κ1) is 14.3. The number of fused-ring (bicyclic) bond motifs is 3. The van der Waals surface area contributed by atoms with Crippen LogP contribution in [0.3, 0.4) is 0 Å². The normalized spacial score (nSPS) is 58.7. The average molecular weight is 288 g/mol. The second kappa shape index (κ2) is 4.16. The third-order valence-corrected chi connectivity index (χ3v) is 8.41. The second-order valence-corrected chi connectivity index (χ2v) is 9.75. The third kappa shape index (κ3) is 1.73. The lowest BCUT2D eigenvalue weighted by molar-refractivity contribution is -0.154. The molecule has 3 fully saturated rings. The number of hydrogen-bond acceptors (Lipinski definition) is 1. The van der Waals surface area contributed by atoms with E-state index in [4.69, 9.17) is 0 Å². The Morgan fingerprint density at radius 3 is 2.48 bits per heavy atom. The Morgan fingerprint density at radius 2 is 1.71 bits per heavy atom. The van der Waals surface area contributed by atoms with Crippen LogP contribution in [0.25, 0.3) is 0 Å². The Morgan fingerprint density at radius 1 is 0.952 bits per heavy atom. The fraction of sp³-hybridized carbons (Fsp3) is 0.900. The first-order valence-corrected chi connectivity index (χ1v) is 9.17. The van der Waals surface area contributed by atoms with Crippen molar-refractivity contribution in [3.05, 3.63) is 12.2 Å². The van der Waals surface area contributed by atoms with Gasteiger partial charge in [-0.2, -0.15) is 0 Å². The minimum absolute atomic E-state index is 0.178. The van der Waals surface area contributed by atoms with Crippen molar-refractivity contribution in [1.29, 1.82) is 0 Å². The van der Waals surface area contributed by atoms with Crippen molar-refractivity contribution in [1.82, 2.24) is 0 Å². The van der Waals surface area contributed by atoms with Crippen LogP contribution >= 0.6 is 0 Å². The van der Waals surface area contributed by atoms with E-state index in [0.717, 1.165) is 11.8 Å². The molecular weight excluding hydrogens is 256 g/mol. The monoisotopic (exact) mass is 288 g/mol. The van der Waals surface area contributed by atoms with E-state index in [9.17, 15) is 5.11 Å². The Labute approximate surface area is 130 Å². The topological polar surface area (TPSA) is 20.2 Å². The molecule has 4 rings (SSSR count). The first-order valence-electron chi connectivity index (χ1n) is 9.17. The second-order valence-electron chi connectivity index (χ2n) is 9.75. The number of aliphatic hydroxyl groups is 1. The first-order chi connectivity index (χ1) is 9.86. The maximum absolute atomic E-state index is 10.1. The number of aliphatic hydroxyl groups excluding tert-OH is 1. The molecule has 0 aromatic carbocycles. The van der Waals surface area contributed by atoms with Crippen molar-refractivity contribution in [2.45, 2.75) is 72.1 Å². The lowest BCUT2D eigenvalue weighted by Crippen LogP contribution is -2.57. The van der Waals surface area contributed by atoms with Crippen LogP contribution in [-0.4, -0.2) is 11.7 Å². The number of rotatable bonds is 1. The zero-order valence-corrected chi connectivity index (χ0v) is 14.1. The zero-order valence-electron chi connectivity index (χ0n) is 14.1. The number of allylic oxidation sites excluding steroid dienone is 2. The van der Waals surface area contributed by atoms with Gasteiger partial charge in [-0.05, 0) is 78.4 Å². The van der Waals surface area contributed by atoms with Crippen LogP contribution in [-0.2, 0) is 0 Å². The van der Waals surface area contributed by atoms with Gasteiger partial charge in [-0.3, -0.25) is 0 Å². The summed E-state index contributed by atoms with van der Waals surface area (Å²) in [6, 6.07) is 0. The minimum atomic E-state index is 0.178. The van der Waals surface area contributed by atoms with E-state index in [1.54, 1.807) is 0 Å². The lowest BCUT2D eigenvalue weighted by Gasteiger charge is -2.64. The van der Waals surface area contributed by atoms with Crippen molar-refractivity contribution in [3.8, 4) is 0 Å². The minimum Gasteiger partial charge on any atom is -0.396 e. The summed E-state index contributed by atoms with van der Waals surface area (Å²) in [5.41, 5.74) is 1.64. The maximum Gasteiger partial charge on any atom is 0.0487 e. The molecule has 4 aliphatic rings. The van der Waals surface area contributed by atoms with E-state index in [-0.39, 0.29) is 5.41 Å². The van der Waals surface area contributed by atoms with E-state index >= 15 is 0 Å². The van der Waals surface area contributed by atoms with Gasteiger partial charge in [-0.25, -0.2) is 0 Å². The largest absolute Gasteiger partial charge is 0.396 e. The van der Waals surface area contributed by atoms with Crippen LogP contribution in [0, 0.1) is 33.5 Å². The zero-order chi connectivity index (χ0) is 14.9. The summed E-state index contributed by atoms with van der Waals surface area (Å²) in [4.78, 5) is 0. The summed E-state index contributed by atoms with van der Waals surface area (Å²) in [5, 5.41) is 10.1. The van der Waals surface area contributed by atoms with Crippen LogP contribution in [0.5, 0.6) is 0 Å². The molecule has 0 radical (unpaired) electrons. The predicted molar refractivity (Wildman–Crippen MR) is 86.9 cm³/mol. The summed E-state index contributed by atoms with van der Waals surface area (Å²) >= 11 is 0. The van der Waals surface area contributed by atoms with Gasteiger partial charge < -0.3 is 5.11 Å². The predicted octanol–water partition coefficient (Wildman–Crippen LogP) is 4.95. The van der Waals surface area contributed by atoms with Crippen molar-refractivity contribution >= 4 is 0 Å². The molecule has 0 aromatic heterocycles. The van der Waals surface area contributed by atoms with Gasteiger partial charge in [0, 0.05) is 6.61 Å². The molecular formula is C20H32O.